The highest BCUT2D eigenvalue weighted by atomic mass is 19.1. The van der Waals surface area contributed by atoms with E-state index in [2.05, 4.69) is 20.1 Å². The van der Waals surface area contributed by atoms with Gasteiger partial charge in [-0.3, -0.25) is 9.69 Å². The van der Waals surface area contributed by atoms with Crippen molar-refractivity contribution in [3.63, 3.8) is 0 Å². The van der Waals surface area contributed by atoms with Gasteiger partial charge < -0.3 is 10.2 Å². The number of aromatic nitrogens is 1. The molecule has 0 spiro atoms. The molecule has 0 unspecified atom stereocenters. The minimum absolute atomic E-state index is 0.169. The van der Waals surface area contributed by atoms with Crippen LogP contribution >= 0.6 is 0 Å². The van der Waals surface area contributed by atoms with Crippen molar-refractivity contribution >= 4 is 17.4 Å². The van der Waals surface area contributed by atoms with Crippen molar-refractivity contribution in [1.82, 2.24) is 9.88 Å². The number of nitrogens with one attached hydrogen (secondary N) is 1. The van der Waals surface area contributed by atoms with E-state index in [1.165, 1.54) is 12.1 Å². The molecule has 1 aliphatic rings. The van der Waals surface area contributed by atoms with Crippen LogP contribution in [0, 0.1) is 11.6 Å². The van der Waals surface area contributed by atoms with Crippen LogP contribution in [0.3, 0.4) is 0 Å². The molecule has 0 bridgehead atoms. The fraction of sp³-hybridized carbons (Fsp3) is 0.364. The molecule has 7 heteroatoms. The third kappa shape index (κ3) is 6.09. The Morgan fingerprint density at radius 1 is 1.14 bits per heavy atom. The van der Waals surface area contributed by atoms with Gasteiger partial charge in [0.05, 0.1) is 11.9 Å². The highest BCUT2D eigenvalue weighted by Crippen LogP contribution is 2.18. The average Bonchev–Trinajstić information content (AvgIpc) is 2.89. The SMILES string of the molecule is CC(C)=CC(=O)Nc1ccc(N2CCCN(Cc3ccc(F)cc3F)CC2)nc1. The maximum Gasteiger partial charge on any atom is 0.248 e. The summed E-state index contributed by atoms with van der Waals surface area (Å²) >= 11 is 0. The molecule has 29 heavy (non-hydrogen) atoms. The van der Waals surface area contributed by atoms with Crippen molar-refractivity contribution in [3.8, 4) is 0 Å². The summed E-state index contributed by atoms with van der Waals surface area (Å²) in [5.41, 5.74) is 2.09. The second-order valence-electron chi connectivity index (χ2n) is 7.47. The van der Waals surface area contributed by atoms with E-state index in [4.69, 9.17) is 0 Å². The Morgan fingerprint density at radius 3 is 2.66 bits per heavy atom. The highest BCUT2D eigenvalue weighted by Gasteiger charge is 2.17. The Bertz CT molecular complexity index is 879. The van der Waals surface area contributed by atoms with Crippen LogP contribution in [0.25, 0.3) is 0 Å². The largest absolute Gasteiger partial charge is 0.355 e. The Morgan fingerprint density at radius 2 is 1.97 bits per heavy atom. The minimum atomic E-state index is -0.556. The summed E-state index contributed by atoms with van der Waals surface area (Å²) in [4.78, 5) is 20.6. The lowest BCUT2D eigenvalue weighted by Gasteiger charge is -2.23. The van der Waals surface area contributed by atoms with Crippen LogP contribution in [-0.4, -0.2) is 42.0 Å². The molecule has 1 aromatic carbocycles. The molecule has 0 atom stereocenters. The molecule has 1 amide bonds. The Hall–Kier alpha value is -2.80. The van der Waals surface area contributed by atoms with Crippen molar-refractivity contribution < 1.29 is 13.6 Å². The molecular weight excluding hydrogens is 374 g/mol. The first-order valence-electron chi connectivity index (χ1n) is 9.74. The predicted octanol–water partition coefficient (Wildman–Crippen LogP) is 3.98. The number of carbonyl (C=O) groups is 1. The molecule has 154 valence electrons. The molecule has 1 aromatic heterocycles. The van der Waals surface area contributed by atoms with Gasteiger partial charge in [0, 0.05) is 50.4 Å². The third-order valence-corrected chi connectivity index (χ3v) is 4.76. The zero-order valence-electron chi connectivity index (χ0n) is 16.8. The maximum absolute atomic E-state index is 13.9. The predicted molar refractivity (Wildman–Crippen MR) is 111 cm³/mol. The first kappa shape index (κ1) is 20.9. The molecule has 0 radical (unpaired) electrons. The number of hydrogen-bond donors (Lipinski definition) is 1. The fourth-order valence-corrected chi connectivity index (χ4v) is 3.34. The van der Waals surface area contributed by atoms with E-state index in [-0.39, 0.29) is 5.91 Å². The summed E-state index contributed by atoms with van der Waals surface area (Å²) in [6, 6.07) is 7.48. The Labute approximate surface area is 170 Å². The highest BCUT2D eigenvalue weighted by molar-refractivity contribution is 5.99. The van der Waals surface area contributed by atoms with E-state index in [1.54, 1.807) is 12.3 Å². The normalized spacial score (nSPS) is 15.0. The second-order valence-corrected chi connectivity index (χ2v) is 7.47. The lowest BCUT2D eigenvalue weighted by molar-refractivity contribution is -0.111. The summed E-state index contributed by atoms with van der Waals surface area (Å²) in [6.45, 7) is 7.41. The van der Waals surface area contributed by atoms with E-state index in [0.29, 0.717) is 17.8 Å². The standard InChI is InChI=1S/C22H26F2N4O/c1-16(2)12-22(29)26-19-6-7-21(25-14-19)28-9-3-8-27(10-11-28)15-17-4-5-18(23)13-20(17)24/h4-7,12-14H,3,8-11,15H2,1-2H3,(H,26,29). The van der Waals surface area contributed by atoms with Gasteiger partial charge in [0.25, 0.3) is 0 Å². The summed E-state index contributed by atoms with van der Waals surface area (Å²) in [5.74, 6) is -0.378. The van der Waals surface area contributed by atoms with Gasteiger partial charge in [-0.1, -0.05) is 11.6 Å². The Kier molecular flexibility index (Phi) is 6.93. The van der Waals surface area contributed by atoms with Gasteiger partial charge in [-0.25, -0.2) is 13.8 Å². The van der Waals surface area contributed by atoms with Crippen LogP contribution in [-0.2, 0) is 11.3 Å². The molecule has 1 aliphatic heterocycles. The topological polar surface area (TPSA) is 48.5 Å². The van der Waals surface area contributed by atoms with Gasteiger partial charge >= 0.3 is 0 Å². The van der Waals surface area contributed by atoms with Gasteiger partial charge in [0.15, 0.2) is 0 Å². The summed E-state index contributed by atoms with van der Waals surface area (Å²) in [7, 11) is 0. The summed E-state index contributed by atoms with van der Waals surface area (Å²) in [5, 5.41) is 2.79. The van der Waals surface area contributed by atoms with Gasteiger partial charge in [-0.2, -0.15) is 0 Å². The van der Waals surface area contributed by atoms with E-state index < -0.39 is 11.6 Å². The van der Waals surface area contributed by atoms with Crippen molar-refractivity contribution in [1.29, 1.82) is 0 Å². The van der Waals surface area contributed by atoms with Crippen molar-refractivity contribution in [2.45, 2.75) is 26.8 Å². The number of amides is 1. The maximum atomic E-state index is 13.9. The summed E-state index contributed by atoms with van der Waals surface area (Å²) < 4.78 is 27.0. The third-order valence-electron chi connectivity index (χ3n) is 4.76. The quantitative estimate of drug-likeness (QED) is 0.772. The molecule has 2 aromatic rings. The minimum Gasteiger partial charge on any atom is -0.355 e. The fourth-order valence-electron chi connectivity index (χ4n) is 3.34. The molecule has 3 rings (SSSR count). The number of hydrogen-bond acceptors (Lipinski definition) is 4. The molecule has 0 saturated carbocycles. The van der Waals surface area contributed by atoms with Crippen LogP contribution < -0.4 is 10.2 Å². The lowest BCUT2D eigenvalue weighted by Crippen LogP contribution is -2.31. The number of halogens is 2. The van der Waals surface area contributed by atoms with E-state index in [9.17, 15) is 13.6 Å². The van der Waals surface area contributed by atoms with Gasteiger partial charge in [0.1, 0.15) is 17.5 Å². The van der Waals surface area contributed by atoms with Gasteiger partial charge in [0.2, 0.25) is 5.91 Å². The van der Waals surface area contributed by atoms with Gasteiger partial charge in [-0.15, -0.1) is 0 Å². The molecule has 1 fully saturated rings. The lowest BCUT2D eigenvalue weighted by atomic mass is 10.2. The van der Waals surface area contributed by atoms with Gasteiger partial charge in [-0.05, 0) is 38.5 Å². The number of pyridine rings is 1. The number of benzene rings is 1. The number of nitrogens with zero attached hydrogens (tertiary/aromatic N) is 3. The second kappa shape index (κ2) is 9.60. The number of carbonyl (C=O) groups excluding carboxylic acids is 1. The van der Waals surface area contributed by atoms with Crippen LogP contribution in [0.1, 0.15) is 25.8 Å². The first-order chi connectivity index (χ1) is 13.9. The molecule has 0 aliphatic carbocycles. The van der Waals surface area contributed by atoms with Crippen molar-refractivity contribution in [2.75, 3.05) is 36.4 Å². The van der Waals surface area contributed by atoms with Crippen LogP contribution in [0.5, 0.6) is 0 Å². The van der Waals surface area contributed by atoms with E-state index in [0.717, 1.165) is 50.1 Å². The van der Waals surface area contributed by atoms with Crippen LogP contribution in [0.4, 0.5) is 20.3 Å². The zero-order chi connectivity index (χ0) is 20.8. The van der Waals surface area contributed by atoms with E-state index in [1.807, 2.05) is 26.0 Å². The molecule has 1 saturated heterocycles. The molecule has 5 nitrogen and oxygen atoms in total. The molecular formula is C22H26F2N4O. The monoisotopic (exact) mass is 400 g/mol. The number of allylic oxidation sites excluding steroid dienone is 1. The Balaban J connectivity index is 1.57. The number of rotatable bonds is 5. The van der Waals surface area contributed by atoms with Crippen molar-refractivity contribution in [3.05, 3.63) is 65.4 Å². The average molecular weight is 400 g/mol. The van der Waals surface area contributed by atoms with Crippen LogP contribution in [0.15, 0.2) is 48.2 Å². The van der Waals surface area contributed by atoms with E-state index >= 15 is 0 Å². The van der Waals surface area contributed by atoms with Crippen molar-refractivity contribution in [2.24, 2.45) is 0 Å². The first-order valence-corrected chi connectivity index (χ1v) is 9.74. The zero-order valence-corrected chi connectivity index (χ0v) is 16.8. The molecule has 1 N–H and O–H groups in total. The number of anilines is 2. The smallest absolute Gasteiger partial charge is 0.248 e. The van der Waals surface area contributed by atoms with Crippen LogP contribution in [0.2, 0.25) is 0 Å². The summed E-state index contributed by atoms with van der Waals surface area (Å²) in [6.07, 6.45) is 4.12. The molecule has 2 heterocycles.